The molecule has 0 unspecified atom stereocenters. The average Bonchev–Trinajstić information content (AvgIpc) is 2.91. The molecule has 0 aromatic heterocycles. The molecule has 1 heterocycles. The fourth-order valence-corrected chi connectivity index (χ4v) is 4.30. The van der Waals surface area contributed by atoms with Gasteiger partial charge >= 0.3 is 0 Å². The van der Waals surface area contributed by atoms with E-state index in [0.29, 0.717) is 17.1 Å². The molecule has 0 spiro atoms. The topological polar surface area (TPSA) is 49.4 Å². The zero-order chi connectivity index (χ0) is 21.1. The standard InChI is InChI=1S/C25H23ClN2O2/c1-2-20(17-9-5-3-6-10-17)25(30)28-16-23(29)27-22-14-13-19(26)15-21(22)24(28)18-11-7-4-8-12-18/h3-15,20,24H,2,16H2,1H3,(H,27,29)/t20-,24+/m1/s1. The highest BCUT2D eigenvalue weighted by molar-refractivity contribution is 6.30. The number of halogens is 1. The average molecular weight is 419 g/mol. The molecular weight excluding hydrogens is 396 g/mol. The number of carbonyl (C=O) groups excluding carboxylic acids is 2. The SMILES string of the molecule is CC[C@@H](C(=O)N1CC(=O)Nc2ccc(Cl)cc2[C@@H]1c1ccccc1)c1ccccc1. The number of hydrogen-bond donors (Lipinski definition) is 1. The number of amides is 2. The van der Waals surface area contributed by atoms with Crippen LogP contribution in [0.2, 0.25) is 5.02 Å². The highest BCUT2D eigenvalue weighted by Gasteiger charge is 2.36. The Hall–Kier alpha value is -3.11. The smallest absolute Gasteiger partial charge is 0.244 e. The molecule has 0 bridgehead atoms. The van der Waals surface area contributed by atoms with Crippen molar-refractivity contribution in [3.05, 3.63) is 101 Å². The summed E-state index contributed by atoms with van der Waals surface area (Å²) < 4.78 is 0. The van der Waals surface area contributed by atoms with E-state index in [9.17, 15) is 9.59 Å². The van der Waals surface area contributed by atoms with E-state index >= 15 is 0 Å². The fraction of sp³-hybridized carbons (Fsp3) is 0.200. The van der Waals surface area contributed by atoms with Crippen LogP contribution in [-0.4, -0.2) is 23.3 Å². The van der Waals surface area contributed by atoms with Gasteiger partial charge in [-0.3, -0.25) is 9.59 Å². The van der Waals surface area contributed by atoms with E-state index in [1.54, 1.807) is 17.0 Å². The van der Waals surface area contributed by atoms with Crippen molar-refractivity contribution in [2.45, 2.75) is 25.3 Å². The van der Waals surface area contributed by atoms with Crippen molar-refractivity contribution in [1.29, 1.82) is 0 Å². The van der Waals surface area contributed by atoms with Crippen LogP contribution in [0.25, 0.3) is 0 Å². The maximum Gasteiger partial charge on any atom is 0.244 e. The van der Waals surface area contributed by atoms with Crippen molar-refractivity contribution in [2.75, 3.05) is 11.9 Å². The third-order valence-electron chi connectivity index (χ3n) is 5.51. The van der Waals surface area contributed by atoms with E-state index in [4.69, 9.17) is 11.6 Å². The number of benzene rings is 3. The van der Waals surface area contributed by atoms with E-state index in [0.717, 1.165) is 16.7 Å². The van der Waals surface area contributed by atoms with Gasteiger partial charge in [-0.15, -0.1) is 0 Å². The Morgan fingerprint density at radius 1 is 1.07 bits per heavy atom. The first kappa shape index (κ1) is 20.2. The highest BCUT2D eigenvalue weighted by atomic mass is 35.5. The minimum Gasteiger partial charge on any atom is -0.324 e. The molecule has 3 aromatic rings. The van der Waals surface area contributed by atoms with Gasteiger partial charge in [-0.2, -0.15) is 0 Å². The molecule has 0 radical (unpaired) electrons. The quantitative estimate of drug-likeness (QED) is 0.616. The largest absolute Gasteiger partial charge is 0.324 e. The Balaban J connectivity index is 1.85. The van der Waals surface area contributed by atoms with Crippen molar-refractivity contribution >= 4 is 29.1 Å². The molecule has 2 atom stereocenters. The minimum absolute atomic E-state index is 0.0198. The lowest BCUT2D eigenvalue weighted by Crippen LogP contribution is -2.41. The van der Waals surface area contributed by atoms with Crippen molar-refractivity contribution in [3.8, 4) is 0 Å². The second-order valence-corrected chi connectivity index (χ2v) is 7.87. The molecule has 30 heavy (non-hydrogen) atoms. The Kier molecular flexibility index (Phi) is 5.86. The van der Waals surface area contributed by atoms with Crippen LogP contribution in [0.15, 0.2) is 78.9 Å². The van der Waals surface area contributed by atoms with Gasteiger partial charge in [-0.05, 0) is 35.7 Å². The first-order chi connectivity index (χ1) is 14.6. The van der Waals surface area contributed by atoms with Gasteiger partial charge in [0.05, 0.1) is 12.0 Å². The Morgan fingerprint density at radius 2 is 1.73 bits per heavy atom. The summed E-state index contributed by atoms with van der Waals surface area (Å²) in [4.78, 5) is 28.2. The Bertz CT molecular complexity index is 1050. The van der Waals surface area contributed by atoms with E-state index < -0.39 is 6.04 Å². The molecule has 2 amide bonds. The summed E-state index contributed by atoms with van der Waals surface area (Å²) in [5, 5.41) is 3.50. The lowest BCUT2D eigenvalue weighted by atomic mass is 9.91. The summed E-state index contributed by atoms with van der Waals surface area (Å²) in [7, 11) is 0. The minimum atomic E-state index is -0.413. The molecule has 0 saturated carbocycles. The predicted molar refractivity (Wildman–Crippen MR) is 120 cm³/mol. The maximum absolute atomic E-state index is 13.8. The van der Waals surface area contributed by atoms with Gasteiger partial charge < -0.3 is 10.2 Å². The van der Waals surface area contributed by atoms with Crippen LogP contribution in [0.4, 0.5) is 5.69 Å². The van der Waals surface area contributed by atoms with Gasteiger partial charge in [0.15, 0.2) is 0 Å². The maximum atomic E-state index is 13.8. The number of carbonyl (C=O) groups is 2. The van der Waals surface area contributed by atoms with E-state index in [2.05, 4.69) is 5.32 Å². The molecule has 1 N–H and O–H groups in total. The number of anilines is 1. The van der Waals surface area contributed by atoms with Gasteiger partial charge in [0, 0.05) is 16.3 Å². The van der Waals surface area contributed by atoms with Gasteiger partial charge in [0.25, 0.3) is 0 Å². The van der Waals surface area contributed by atoms with Crippen LogP contribution >= 0.6 is 11.6 Å². The van der Waals surface area contributed by atoms with Crippen LogP contribution in [0.1, 0.15) is 42.0 Å². The number of nitrogens with one attached hydrogen (secondary N) is 1. The summed E-state index contributed by atoms with van der Waals surface area (Å²) >= 11 is 6.32. The van der Waals surface area contributed by atoms with Crippen molar-refractivity contribution in [1.82, 2.24) is 4.90 Å². The normalized spacial score (nSPS) is 16.9. The molecule has 4 rings (SSSR count). The van der Waals surface area contributed by atoms with Crippen molar-refractivity contribution in [3.63, 3.8) is 0 Å². The van der Waals surface area contributed by atoms with Crippen molar-refractivity contribution < 1.29 is 9.59 Å². The highest BCUT2D eigenvalue weighted by Crippen LogP contribution is 2.39. The number of fused-ring (bicyclic) bond motifs is 1. The molecule has 0 fully saturated rings. The first-order valence-corrected chi connectivity index (χ1v) is 10.5. The Labute approximate surface area is 181 Å². The molecule has 1 aliphatic rings. The first-order valence-electron chi connectivity index (χ1n) is 10.1. The van der Waals surface area contributed by atoms with Gasteiger partial charge in [0.2, 0.25) is 11.8 Å². The van der Waals surface area contributed by atoms with Crippen LogP contribution in [0, 0.1) is 0 Å². The van der Waals surface area contributed by atoms with Crippen LogP contribution in [0.3, 0.4) is 0 Å². The summed E-state index contributed by atoms with van der Waals surface area (Å²) in [6.07, 6.45) is 0.644. The van der Waals surface area contributed by atoms with Crippen LogP contribution in [-0.2, 0) is 9.59 Å². The molecule has 152 valence electrons. The monoisotopic (exact) mass is 418 g/mol. The predicted octanol–water partition coefficient (Wildman–Crippen LogP) is 5.40. The zero-order valence-electron chi connectivity index (χ0n) is 16.7. The summed E-state index contributed by atoms with van der Waals surface area (Å²) in [5.41, 5.74) is 3.39. The van der Waals surface area contributed by atoms with E-state index in [1.807, 2.05) is 73.7 Å². The molecule has 0 saturated heterocycles. The molecule has 1 aliphatic heterocycles. The molecule has 3 aromatic carbocycles. The second-order valence-electron chi connectivity index (χ2n) is 7.43. The second kappa shape index (κ2) is 8.72. The van der Waals surface area contributed by atoms with E-state index in [-0.39, 0.29) is 24.3 Å². The van der Waals surface area contributed by atoms with Crippen LogP contribution < -0.4 is 5.32 Å². The fourth-order valence-electron chi connectivity index (χ4n) is 4.12. The number of nitrogens with zero attached hydrogens (tertiary/aromatic N) is 1. The van der Waals surface area contributed by atoms with Gasteiger partial charge in [0.1, 0.15) is 6.54 Å². The van der Waals surface area contributed by atoms with Gasteiger partial charge in [-0.25, -0.2) is 0 Å². The Morgan fingerprint density at radius 3 is 2.40 bits per heavy atom. The molecular formula is C25H23ClN2O2. The summed E-state index contributed by atoms with van der Waals surface area (Å²) in [6.45, 7) is 1.98. The van der Waals surface area contributed by atoms with Crippen molar-refractivity contribution in [2.24, 2.45) is 0 Å². The summed E-state index contributed by atoms with van der Waals surface area (Å²) in [5.74, 6) is -0.611. The van der Waals surface area contributed by atoms with Gasteiger partial charge in [-0.1, -0.05) is 79.2 Å². The molecule has 4 nitrogen and oxygen atoms in total. The number of rotatable bonds is 4. The molecule has 5 heteroatoms. The van der Waals surface area contributed by atoms with Crippen LogP contribution in [0.5, 0.6) is 0 Å². The number of hydrogen-bond acceptors (Lipinski definition) is 2. The zero-order valence-corrected chi connectivity index (χ0v) is 17.5. The lowest BCUT2D eigenvalue weighted by Gasteiger charge is -2.33. The third kappa shape index (κ3) is 3.96. The third-order valence-corrected chi connectivity index (χ3v) is 5.75. The lowest BCUT2D eigenvalue weighted by molar-refractivity contribution is -0.137. The van der Waals surface area contributed by atoms with E-state index in [1.165, 1.54) is 0 Å². The molecule has 0 aliphatic carbocycles. The summed E-state index contributed by atoms with van der Waals surface area (Å²) in [6, 6.07) is 24.5.